The quantitative estimate of drug-likeness (QED) is 0.786. The lowest BCUT2D eigenvalue weighted by Crippen LogP contribution is -2.26. The van der Waals surface area contributed by atoms with Gasteiger partial charge in [0, 0.05) is 5.56 Å². The van der Waals surface area contributed by atoms with E-state index >= 15 is 0 Å². The number of phenols is 1. The SMILES string of the molecule is Cc1ccc(O)c(C2=CC(c3ccc(F)cc3)NN2)c1. The van der Waals surface area contributed by atoms with Gasteiger partial charge in [0.15, 0.2) is 0 Å². The van der Waals surface area contributed by atoms with Gasteiger partial charge in [0.1, 0.15) is 11.6 Å². The molecule has 0 aliphatic carbocycles. The fraction of sp³-hybridized carbons (Fsp3) is 0.125. The van der Waals surface area contributed by atoms with Crippen molar-refractivity contribution in [3.63, 3.8) is 0 Å². The minimum atomic E-state index is -0.250. The zero-order valence-electron chi connectivity index (χ0n) is 11.0. The van der Waals surface area contributed by atoms with Crippen LogP contribution in [0.3, 0.4) is 0 Å². The molecule has 2 aromatic carbocycles. The predicted molar refractivity (Wildman–Crippen MR) is 76.2 cm³/mol. The van der Waals surface area contributed by atoms with E-state index in [-0.39, 0.29) is 17.6 Å². The van der Waals surface area contributed by atoms with E-state index in [0.29, 0.717) is 0 Å². The molecule has 3 rings (SSSR count). The van der Waals surface area contributed by atoms with E-state index in [2.05, 4.69) is 10.9 Å². The third-order valence-corrected chi connectivity index (χ3v) is 3.37. The number of halogens is 1. The summed E-state index contributed by atoms with van der Waals surface area (Å²) in [6, 6.07) is 11.8. The molecule has 20 heavy (non-hydrogen) atoms. The van der Waals surface area contributed by atoms with E-state index in [0.717, 1.165) is 22.4 Å². The third kappa shape index (κ3) is 2.38. The Morgan fingerprint density at radius 3 is 2.60 bits per heavy atom. The molecule has 1 heterocycles. The molecule has 1 aliphatic rings. The maximum atomic E-state index is 12.9. The van der Waals surface area contributed by atoms with E-state index < -0.39 is 0 Å². The third-order valence-electron chi connectivity index (χ3n) is 3.37. The number of hydrazine groups is 1. The van der Waals surface area contributed by atoms with Crippen molar-refractivity contribution < 1.29 is 9.50 Å². The second-order valence-corrected chi connectivity index (χ2v) is 4.90. The van der Waals surface area contributed by atoms with Crippen molar-refractivity contribution in [3.8, 4) is 5.75 Å². The van der Waals surface area contributed by atoms with Gasteiger partial charge in [-0.05, 0) is 42.8 Å². The molecule has 3 N–H and O–H groups in total. The number of nitrogens with one attached hydrogen (secondary N) is 2. The maximum absolute atomic E-state index is 12.9. The summed E-state index contributed by atoms with van der Waals surface area (Å²) in [4.78, 5) is 0. The van der Waals surface area contributed by atoms with Crippen LogP contribution in [0.1, 0.15) is 22.7 Å². The van der Waals surface area contributed by atoms with Crippen LogP contribution in [0.4, 0.5) is 4.39 Å². The van der Waals surface area contributed by atoms with Crippen LogP contribution < -0.4 is 10.9 Å². The number of hydrogen-bond acceptors (Lipinski definition) is 3. The first kappa shape index (κ1) is 12.7. The van der Waals surface area contributed by atoms with Crippen molar-refractivity contribution in [2.75, 3.05) is 0 Å². The van der Waals surface area contributed by atoms with Crippen LogP contribution in [-0.2, 0) is 0 Å². The highest BCUT2D eigenvalue weighted by Gasteiger charge is 2.19. The van der Waals surface area contributed by atoms with Gasteiger partial charge in [0.05, 0.1) is 11.7 Å². The Morgan fingerprint density at radius 1 is 1.10 bits per heavy atom. The van der Waals surface area contributed by atoms with Gasteiger partial charge < -0.3 is 10.5 Å². The highest BCUT2D eigenvalue weighted by molar-refractivity contribution is 5.71. The normalized spacial score (nSPS) is 17.7. The van der Waals surface area contributed by atoms with E-state index in [1.165, 1.54) is 12.1 Å². The number of aryl methyl sites for hydroxylation is 1. The summed E-state index contributed by atoms with van der Waals surface area (Å²) in [5.74, 6) is -0.0175. The van der Waals surface area contributed by atoms with Crippen LogP contribution in [0.25, 0.3) is 5.70 Å². The van der Waals surface area contributed by atoms with Gasteiger partial charge in [0.2, 0.25) is 0 Å². The predicted octanol–water partition coefficient (Wildman–Crippen LogP) is 3.03. The maximum Gasteiger partial charge on any atom is 0.124 e. The van der Waals surface area contributed by atoms with E-state index in [1.54, 1.807) is 18.2 Å². The molecule has 0 saturated heterocycles. The molecule has 0 amide bonds. The van der Waals surface area contributed by atoms with Gasteiger partial charge in [-0.1, -0.05) is 23.8 Å². The van der Waals surface area contributed by atoms with E-state index in [9.17, 15) is 9.50 Å². The molecule has 2 aromatic rings. The summed E-state index contributed by atoms with van der Waals surface area (Å²) < 4.78 is 12.9. The molecule has 102 valence electrons. The topological polar surface area (TPSA) is 44.3 Å². The highest BCUT2D eigenvalue weighted by atomic mass is 19.1. The fourth-order valence-corrected chi connectivity index (χ4v) is 2.28. The summed E-state index contributed by atoms with van der Waals surface area (Å²) >= 11 is 0. The monoisotopic (exact) mass is 270 g/mol. The van der Waals surface area contributed by atoms with Crippen molar-refractivity contribution in [2.24, 2.45) is 0 Å². The number of hydrogen-bond donors (Lipinski definition) is 3. The van der Waals surface area contributed by atoms with Crippen molar-refractivity contribution >= 4 is 5.70 Å². The standard InChI is InChI=1S/C16H15FN2O/c1-10-2-7-16(20)13(8-10)15-9-14(18-19-15)11-3-5-12(17)6-4-11/h2-9,14,18-20H,1H3. The second-order valence-electron chi connectivity index (χ2n) is 4.90. The van der Waals surface area contributed by atoms with E-state index in [4.69, 9.17) is 0 Å². The zero-order valence-corrected chi connectivity index (χ0v) is 11.0. The Kier molecular flexibility index (Phi) is 3.16. The molecule has 4 heteroatoms. The summed E-state index contributed by atoms with van der Waals surface area (Å²) in [6.07, 6.45) is 1.97. The molecule has 0 fully saturated rings. The van der Waals surface area contributed by atoms with Gasteiger partial charge in [-0.3, -0.25) is 0 Å². The lowest BCUT2D eigenvalue weighted by atomic mass is 10.0. The molecule has 1 unspecified atom stereocenters. The van der Waals surface area contributed by atoms with Crippen LogP contribution in [0, 0.1) is 12.7 Å². The average Bonchev–Trinajstić information content (AvgIpc) is 2.92. The first-order valence-corrected chi connectivity index (χ1v) is 6.42. The first-order chi connectivity index (χ1) is 9.63. The van der Waals surface area contributed by atoms with Gasteiger partial charge in [-0.15, -0.1) is 0 Å². The molecular weight excluding hydrogens is 255 g/mol. The lowest BCUT2D eigenvalue weighted by molar-refractivity contribution is 0.472. The Morgan fingerprint density at radius 2 is 1.85 bits per heavy atom. The van der Waals surface area contributed by atoms with Crippen LogP contribution in [0.5, 0.6) is 5.75 Å². The molecule has 3 nitrogen and oxygen atoms in total. The molecular formula is C16H15FN2O. The van der Waals surface area contributed by atoms with Crippen molar-refractivity contribution in [2.45, 2.75) is 13.0 Å². The van der Waals surface area contributed by atoms with Crippen molar-refractivity contribution in [1.82, 2.24) is 10.9 Å². The molecule has 0 aromatic heterocycles. The molecule has 0 saturated carbocycles. The Hall–Kier alpha value is -2.33. The second kappa shape index (κ2) is 4.98. The number of rotatable bonds is 2. The van der Waals surface area contributed by atoms with Gasteiger partial charge >= 0.3 is 0 Å². The Bertz CT molecular complexity index is 665. The molecule has 1 aliphatic heterocycles. The number of benzene rings is 2. The summed E-state index contributed by atoms with van der Waals surface area (Å²) in [6.45, 7) is 1.98. The van der Waals surface area contributed by atoms with E-state index in [1.807, 2.05) is 25.1 Å². The fourth-order valence-electron chi connectivity index (χ4n) is 2.28. The van der Waals surface area contributed by atoms with Crippen LogP contribution in [-0.4, -0.2) is 5.11 Å². The first-order valence-electron chi connectivity index (χ1n) is 6.42. The van der Waals surface area contributed by atoms with Crippen LogP contribution in [0.2, 0.25) is 0 Å². The lowest BCUT2D eigenvalue weighted by Gasteiger charge is -2.09. The minimum Gasteiger partial charge on any atom is -0.507 e. The average molecular weight is 270 g/mol. The summed E-state index contributed by atoms with van der Waals surface area (Å²) in [7, 11) is 0. The van der Waals surface area contributed by atoms with Crippen molar-refractivity contribution in [1.29, 1.82) is 0 Å². The summed E-state index contributed by atoms with van der Waals surface area (Å²) in [5, 5.41) is 9.93. The molecule has 0 spiro atoms. The largest absolute Gasteiger partial charge is 0.507 e. The van der Waals surface area contributed by atoms with Crippen molar-refractivity contribution in [3.05, 3.63) is 71.0 Å². The summed E-state index contributed by atoms with van der Waals surface area (Å²) in [5.41, 5.74) is 9.78. The number of aromatic hydroxyl groups is 1. The highest BCUT2D eigenvalue weighted by Crippen LogP contribution is 2.29. The van der Waals surface area contributed by atoms with Crippen LogP contribution >= 0.6 is 0 Å². The molecule has 0 bridgehead atoms. The zero-order chi connectivity index (χ0) is 14.1. The van der Waals surface area contributed by atoms with Crippen LogP contribution in [0.15, 0.2) is 48.5 Å². The minimum absolute atomic E-state index is 0.0505. The molecule has 0 radical (unpaired) electrons. The Balaban J connectivity index is 1.91. The molecule has 1 atom stereocenters. The smallest absolute Gasteiger partial charge is 0.124 e. The van der Waals surface area contributed by atoms with Gasteiger partial charge in [0.25, 0.3) is 0 Å². The van der Waals surface area contributed by atoms with Gasteiger partial charge in [-0.2, -0.15) is 0 Å². The number of phenolic OH excluding ortho intramolecular Hbond substituents is 1. The Labute approximate surface area is 116 Å². The van der Waals surface area contributed by atoms with Gasteiger partial charge in [-0.25, -0.2) is 9.82 Å².